The van der Waals surface area contributed by atoms with Gasteiger partial charge >= 0.3 is 0 Å². The van der Waals surface area contributed by atoms with Crippen LogP contribution in [0.2, 0.25) is 0 Å². The molecule has 0 atom stereocenters. The standard InChI is InChI=1S/C13H11BrFNOS/c1-7-3-4-9(15)10(5-7)16-13(17)11-6-8(2)12(14)18-11/h3-6H,1-2H3,(H,16,17). The van der Waals surface area contributed by atoms with Crippen molar-refractivity contribution in [1.29, 1.82) is 0 Å². The molecule has 0 radical (unpaired) electrons. The zero-order valence-corrected chi connectivity index (χ0v) is 12.3. The summed E-state index contributed by atoms with van der Waals surface area (Å²) in [5.41, 5.74) is 2.10. The number of carbonyl (C=O) groups excluding carboxylic acids is 1. The van der Waals surface area contributed by atoms with Crippen LogP contribution in [0.3, 0.4) is 0 Å². The maximum atomic E-state index is 13.5. The van der Waals surface area contributed by atoms with Crippen LogP contribution in [0.15, 0.2) is 28.1 Å². The fourth-order valence-electron chi connectivity index (χ4n) is 1.49. The molecule has 0 fully saturated rings. The van der Waals surface area contributed by atoms with E-state index in [0.717, 1.165) is 14.9 Å². The van der Waals surface area contributed by atoms with Crippen molar-refractivity contribution in [2.45, 2.75) is 13.8 Å². The highest BCUT2D eigenvalue weighted by Gasteiger charge is 2.13. The third-order valence-electron chi connectivity index (χ3n) is 2.45. The lowest BCUT2D eigenvalue weighted by Crippen LogP contribution is -2.11. The minimum Gasteiger partial charge on any atom is -0.319 e. The molecule has 1 N–H and O–H groups in total. The maximum Gasteiger partial charge on any atom is 0.265 e. The average Bonchev–Trinajstić information content (AvgIpc) is 2.64. The second-order valence-corrected chi connectivity index (χ2v) is 6.37. The van der Waals surface area contributed by atoms with Crippen molar-refractivity contribution in [3.63, 3.8) is 0 Å². The number of hydrogen-bond acceptors (Lipinski definition) is 2. The van der Waals surface area contributed by atoms with Gasteiger partial charge in [-0.1, -0.05) is 6.07 Å². The summed E-state index contributed by atoms with van der Waals surface area (Å²) in [5, 5.41) is 2.58. The summed E-state index contributed by atoms with van der Waals surface area (Å²) in [5.74, 6) is -0.723. The van der Waals surface area contributed by atoms with E-state index in [0.29, 0.717) is 4.88 Å². The van der Waals surface area contributed by atoms with E-state index in [9.17, 15) is 9.18 Å². The van der Waals surface area contributed by atoms with Crippen LogP contribution in [0.1, 0.15) is 20.8 Å². The van der Waals surface area contributed by atoms with Crippen LogP contribution in [0.5, 0.6) is 0 Å². The number of hydrogen-bond donors (Lipinski definition) is 1. The number of nitrogens with one attached hydrogen (secondary N) is 1. The summed E-state index contributed by atoms with van der Waals surface area (Å²) in [6.07, 6.45) is 0. The lowest BCUT2D eigenvalue weighted by atomic mass is 10.2. The first-order valence-electron chi connectivity index (χ1n) is 5.31. The van der Waals surface area contributed by atoms with Crippen molar-refractivity contribution >= 4 is 38.9 Å². The molecule has 1 heterocycles. The van der Waals surface area contributed by atoms with E-state index < -0.39 is 5.82 Å². The van der Waals surface area contributed by atoms with Crippen molar-refractivity contribution in [3.8, 4) is 0 Å². The molecular weight excluding hydrogens is 317 g/mol. The molecule has 0 aliphatic carbocycles. The molecule has 0 unspecified atom stereocenters. The fraction of sp³-hybridized carbons (Fsp3) is 0.154. The van der Waals surface area contributed by atoms with Crippen LogP contribution >= 0.6 is 27.3 Å². The number of thiophene rings is 1. The Morgan fingerprint density at radius 3 is 2.67 bits per heavy atom. The summed E-state index contributed by atoms with van der Waals surface area (Å²) in [6.45, 7) is 3.76. The first-order chi connectivity index (χ1) is 8.47. The molecule has 0 aliphatic heterocycles. The minimum atomic E-state index is -0.429. The Hall–Kier alpha value is -1.20. The molecule has 0 spiro atoms. The topological polar surface area (TPSA) is 29.1 Å². The van der Waals surface area contributed by atoms with Gasteiger partial charge in [-0.2, -0.15) is 0 Å². The predicted molar refractivity (Wildman–Crippen MR) is 75.8 cm³/mol. The molecule has 1 aromatic carbocycles. The summed E-state index contributed by atoms with van der Waals surface area (Å²) in [6, 6.07) is 6.40. The van der Waals surface area contributed by atoms with Gasteiger partial charge in [-0.25, -0.2) is 4.39 Å². The number of carbonyl (C=O) groups is 1. The lowest BCUT2D eigenvalue weighted by Gasteiger charge is -2.05. The molecule has 2 rings (SSSR count). The number of amides is 1. The first kappa shape index (κ1) is 13.2. The number of anilines is 1. The average molecular weight is 328 g/mol. The van der Waals surface area contributed by atoms with Crippen molar-refractivity contribution in [2.24, 2.45) is 0 Å². The smallest absolute Gasteiger partial charge is 0.265 e. The summed E-state index contributed by atoms with van der Waals surface area (Å²) < 4.78 is 14.4. The second kappa shape index (κ2) is 5.20. The molecule has 0 saturated heterocycles. The molecule has 0 saturated carbocycles. The van der Waals surface area contributed by atoms with Gasteiger partial charge in [-0.15, -0.1) is 11.3 Å². The van der Waals surface area contributed by atoms with Crippen molar-refractivity contribution in [3.05, 3.63) is 49.9 Å². The van der Waals surface area contributed by atoms with Crippen molar-refractivity contribution in [2.75, 3.05) is 5.32 Å². The molecule has 1 amide bonds. The summed E-state index contributed by atoms with van der Waals surface area (Å²) >= 11 is 4.69. The highest BCUT2D eigenvalue weighted by atomic mass is 79.9. The SMILES string of the molecule is Cc1ccc(F)c(NC(=O)c2cc(C)c(Br)s2)c1. The second-order valence-electron chi connectivity index (χ2n) is 4.00. The predicted octanol–water partition coefficient (Wildman–Crippen LogP) is 4.52. The Morgan fingerprint density at radius 2 is 2.06 bits per heavy atom. The van der Waals surface area contributed by atoms with E-state index in [4.69, 9.17) is 0 Å². The van der Waals surface area contributed by atoms with Crippen LogP contribution in [0, 0.1) is 19.7 Å². The van der Waals surface area contributed by atoms with Crippen LogP contribution < -0.4 is 5.32 Å². The number of benzene rings is 1. The molecule has 5 heteroatoms. The van der Waals surface area contributed by atoms with Crippen LogP contribution in [0.4, 0.5) is 10.1 Å². The third kappa shape index (κ3) is 2.79. The fourth-order valence-corrected chi connectivity index (χ4v) is 2.92. The lowest BCUT2D eigenvalue weighted by molar-refractivity contribution is 0.103. The van der Waals surface area contributed by atoms with Gasteiger partial charge in [-0.05, 0) is 59.1 Å². The Balaban J connectivity index is 2.23. The van der Waals surface area contributed by atoms with E-state index in [1.54, 1.807) is 18.2 Å². The highest BCUT2D eigenvalue weighted by molar-refractivity contribution is 9.11. The maximum absolute atomic E-state index is 13.5. The van der Waals surface area contributed by atoms with Crippen LogP contribution in [0.25, 0.3) is 0 Å². The largest absolute Gasteiger partial charge is 0.319 e. The van der Waals surface area contributed by atoms with Gasteiger partial charge in [0.1, 0.15) is 5.82 Å². The summed E-state index contributed by atoms with van der Waals surface area (Å²) in [7, 11) is 0. The van der Waals surface area contributed by atoms with E-state index in [2.05, 4.69) is 21.2 Å². The number of halogens is 2. The Labute approximate surface area is 117 Å². The normalized spacial score (nSPS) is 10.4. The van der Waals surface area contributed by atoms with Crippen LogP contribution in [-0.2, 0) is 0 Å². The van der Waals surface area contributed by atoms with E-state index in [1.165, 1.54) is 17.4 Å². The van der Waals surface area contributed by atoms with Crippen molar-refractivity contribution in [1.82, 2.24) is 0 Å². The van der Waals surface area contributed by atoms with Gasteiger partial charge in [0.05, 0.1) is 14.4 Å². The van der Waals surface area contributed by atoms with Gasteiger partial charge < -0.3 is 5.32 Å². The number of rotatable bonds is 2. The van der Waals surface area contributed by atoms with Gasteiger partial charge in [0, 0.05) is 0 Å². The van der Waals surface area contributed by atoms with Gasteiger partial charge in [0.15, 0.2) is 0 Å². The molecule has 1 aromatic heterocycles. The molecule has 2 nitrogen and oxygen atoms in total. The third-order valence-corrected chi connectivity index (χ3v) is 4.59. The molecule has 18 heavy (non-hydrogen) atoms. The molecule has 0 bridgehead atoms. The van der Waals surface area contributed by atoms with Gasteiger partial charge in [0.25, 0.3) is 5.91 Å². The monoisotopic (exact) mass is 327 g/mol. The summed E-state index contributed by atoms with van der Waals surface area (Å²) in [4.78, 5) is 12.5. The van der Waals surface area contributed by atoms with Crippen molar-refractivity contribution < 1.29 is 9.18 Å². The minimum absolute atomic E-state index is 0.210. The molecule has 94 valence electrons. The van der Waals surface area contributed by atoms with E-state index >= 15 is 0 Å². The van der Waals surface area contributed by atoms with E-state index in [1.807, 2.05) is 13.8 Å². The van der Waals surface area contributed by atoms with Gasteiger partial charge in [0.2, 0.25) is 0 Å². The quantitative estimate of drug-likeness (QED) is 0.863. The first-order valence-corrected chi connectivity index (χ1v) is 6.92. The zero-order chi connectivity index (χ0) is 13.3. The zero-order valence-electron chi connectivity index (χ0n) is 9.88. The Morgan fingerprint density at radius 1 is 1.33 bits per heavy atom. The molecule has 2 aromatic rings. The van der Waals surface area contributed by atoms with Crippen LogP contribution in [-0.4, -0.2) is 5.91 Å². The van der Waals surface area contributed by atoms with Gasteiger partial charge in [-0.3, -0.25) is 4.79 Å². The highest BCUT2D eigenvalue weighted by Crippen LogP contribution is 2.28. The number of aryl methyl sites for hydroxylation is 2. The molecule has 0 aliphatic rings. The Bertz CT molecular complexity index is 590. The Kier molecular flexibility index (Phi) is 3.82. The van der Waals surface area contributed by atoms with E-state index in [-0.39, 0.29) is 11.6 Å². The molecular formula is C13H11BrFNOS.